The fourth-order valence-corrected chi connectivity index (χ4v) is 4.36. The van der Waals surface area contributed by atoms with Crippen LogP contribution in [-0.2, 0) is 38.1 Å². The molecule has 1 aromatic carbocycles. The molecule has 10 heteroatoms. The zero-order valence-corrected chi connectivity index (χ0v) is 16.9. The second-order valence-corrected chi connectivity index (χ2v) is 7.40. The van der Waals surface area contributed by atoms with E-state index in [1.807, 2.05) is 0 Å². The van der Waals surface area contributed by atoms with Gasteiger partial charge in [0.15, 0.2) is 5.60 Å². The quantitative estimate of drug-likeness (QED) is 0.288. The number of hydrogen-bond donors (Lipinski definition) is 0. The highest BCUT2D eigenvalue weighted by Crippen LogP contribution is 2.54. The van der Waals surface area contributed by atoms with E-state index in [4.69, 9.17) is 18.9 Å². The van der Waals surface area contributed by atoms with E-state index in [0.29, 0.717) is 0 Å². The van der Waals surface area contributed by atoms with Crippen LogP contribution in [0.5, 0.6) is 0 Å². The standard InChI is InChI=1S/C21H19NO9/c1-10(23)29-20(30-11(2)24)21-8-7-14(31-21)15-16(21)18(26)22(17(15)25)13-6-4-5-12(9-13)19(27)28-3/h4-9,14-16,20H,1-3H3/t14-,15+,16+,21-/m1/s1. The first-order chi connectivity index (χ1) is 14.7. The third kappa shape index (κ3) is 3.10. The third-order valence-electron chi connectivity index (χ3n) is 5.52. The number of carbonyl (C=O) groups is 5. The van der Waals surface area contributed by atoms with E-state index in [1.54, 1.807) is 6.08 Å². The third-order valence-corrected chi connectivity index (χ3v) is 5.52. The van der Waals surface area contributed by atoms with Crippen molar-refractivity contribution < 1.29 is 42.9 Å². The zero-order chi connectivity index (χ0) is 22.5. The van der Waals surface area contributed by atoms with Gasteiger partial charge in [0, 0.05) is 13.8 Å². The number of ether oxygens (including phenoxy) is 4. The molecule has 0 spiro atoms. The first kappa shape index (κ1) is 20.7. The van der Waals surface area contributed by atoms with E-state index in [0.717, 1.165) is 18.7 Å². The van der Waals surface area contributed by atoms with Crippen molar-refractivity contribution in [2.24, 2.45) is 11.8 Å². The van der Waals surface area contributed by atoms with E-state index in [9.17, 15) is 24.0 Å². The van der Waals surface area contributed by atoms with Crippen molar-refractivity contribution in [1.82, 2.24) is 0 Å². The Morgan fingerprint density at radius 1 is 1.10 bits per heavy atom. The van der Waals surface area contributed by atoms with Crippen LogP contribution in [0, 0.1) is 11.8 Å². The van der Waals surface area contributed by atoms with Crippen molar-refractivity contribution >= 4 is 35.4 Å². The van der Waals surface area contributed by atoms with E-state index in [2.05, 4.69) is 0 Å². The Bertz CT molecular complexity index is 1020. The monoisotopic (exact) mass is 429 g/mol. The van der Waals surface area contributed by atoms with Gasteiger partial charge in [-0.05, 0) is 24.3 Å². The lowest BCUT2D eigenvalue weighted by molar-refractivity contribution is -0.226. The minimum atomic E-state index is -1.63. The lowest BCUT2D eigenvalue weighted by Crippen LogP contribution is -2.52. The van der Waals surface area contributed by atoms with Crippen LogP contribution >= 0.6 is 0 Å². The smallest absolute Gasteiger partial charge is 0.337 e. The van der Waals surface area contributed by atoms with Crippen molar-refractivity contribution in [2.45, 2.75) is 31.8 Å². The number of benzene rings is 1. The molecule has 3 heterocycles. The molecule has 31 heavy (non-hydrogen) atoms. The molecule has 0 saturated carbocycles. The van der Waals surface area contributed by atoms with E-state index >= 15 is 0 Å². The Kier molecular flexibility index (Phi) is 4.89. The predicted octanol–water partition coefficient (Wildman–Crippen LogP) is 0.738. The number of imide groups is 1. The summed E-state index contributed by atoms with van der Waals surface area (Å²) >= 11 is 0. The first-order valence-corrected chi connectivity index (χ1v) is 9.47. The molecule has 0 radical (unpaired) electrons. The molecule has 0 unspecified atom stereocenters. The molecule has 2 saturated heterocycles. The molecule has 2 fully saturated rings. The van der Waals surface area contributed by atoms with Crippen LogP contribution in [0.3, 0.4) is 0 Å². The van der Waals surface area contributed by atoms with Crippen LogP contribution in [0.15, 0.2) is 36.4 Å². The summed E-state index contributed by atoms with van der Waals surface area (Å²) < 4.78 is 20.9. The van der Waals surface area contributed by atoms with Gasteiger partial charge in [0.25, 0.3) is 6.29 Å². The van der Waals surface area contributed by atoms with Crippen LogP contribution < -0.4 is 4.90 Å². The first-order valence-electron chi connectivity index (χ1n) is 9.47. The Morgan fingerprint density at radius 3 is 2.39 bits per heavy atom. The molecule has 4 atom stereocenters. The van der Waals surface area contributed by atoms with Crippen molar-refractivity contribution in [3.05, 3.63) is 42.0 Å². The highest BCUT2D eigenvalue weighted by molar-refractivity contribution is 6.23. The van der Waals surface area contributed by atoms with Gasteiger partial charge >= 0.3 is 17.9 Å². The SMILES string of the molecule is COC(=O)c1cccc(N2C(=O)[C@@H]3[C@@H](C2=O)[C@@]2(C(OC(C)=O)OC(C)=O)C=C[C@H]3O2)c1. The van der Waals surface area contributed by atoms with Crippen molar-refractivity contribution in [2.75, 3.05) is 12.0 Å². The minimum Gasteiger partial charge on any atom is -0.465 e. The number of methoxy groups -OCH3 is 1. The van der Waals surface area contributed by atoms with Crippen LogP contribution in [0.25, 0.3) is 0 Å². The largest absolute Gasteiger partial charge is 0.465 e. The highest BCUT2D eigenvalue weighted by atomic mass is 16.7. The highest BCUT2D eigenvalue weighted by Gasteiger charge is 2.72. The number of esters is 3. The molecule has 2 bridgehead atoms. The van der Waals surface area contributed by atoms with E-state index in [1.165, 1.54) is 37.5 Å². The van der Waals surface area contributed by atoms with Gasteiger partial charge in [-0.2, -0.15) is 0 Å². The van der Waals surface area contributed by atoms with Crippen molar-refractivity contribution in [3.63, 3.8) is 0 Å². The molecule has 162 valence electrons. The fraction of sp³-hybridized carbons (Fsp3) is 0.381. The second-order valence-electron chi connectivity index (χ2n) is 7.40. The minimum absolute atomic E-state index is 0.169. The summed E-state index contributed by atoms with van der Waals surface area (Å²) in [6.07, 6.45) is 0.774. The van der Waals surface area contributed by atoms with Crippen LogP contribution in [-0.4, -0.2) is 54.8 Å². The zero-order valence-electron chi connectivity index (χ0n) is 16.9. The van der Waals surface area contributed by atoms with E-state index in [-0.39, 0.29) is 11.3 Å². The topological polar surface area (TPSA) is 126 Å². The van der Waals surface area contributed by atoms with Gasteiger partial charge in [-0.3, -0.25) is 19.2 Å². The molecule has 3 aliphatic rings. The second kappa shape index (κ2) is 7.31. The molecule has 0 aromatic heterocycles. The Balaban J connectivity index is 1.73. The molecular weight excluding hydrogens is 410 g/mol. The molecule has 3 aliphatic heterocycles. The van der Waals surface area contributed by atoms with Crippen molar-refractivity contribution in [3.8, 4) is 0 Å². The van der Waals surface area contributed by atoms with E-state index < -0.39 is 59.6 Å². The number of fused-ring (bicyclic) bond motifs is 5. The molecule has 0 N–H and O–H groups in total. The number of hydrogen-bond acceptors (Lipinski definition) is 9. The fourth-order valence-electron chi connectivity index (χ4n) is 4.36. The van der Waals surface area contributed by atoms with Crippen molar-refractivity contribution in [1.29, 1.82) is 0 Å². The van der Waals surface area contributed by atoms with Gasteiger partial charge < -0.3 is 18.9 Å². The summed E-state index contributed by atoms with van der Waals surface area (Å²) in [5.74, 6) is -5.24. The maximum atomic E-state index is 13.4. The van der Waals surface area contributed by atoms with Gasteiger partial charge in [-0.1, -0.05) is 12.1 Å². The molecule has 2 amide bonds. The lowest BCUT2D eigenvalue weighted by atomic mass is 9.76. The van der Waals surface area contributed by atoms with Crippen LogP contribution in [0.2, 0.25) is 0 Å². The van der Waals surface area contributed by atoms with Gasteiger partial charge in [-0.25, -0.2) is 9.69 Å². The predicted molar refractivity (Wildman–Crippen MR) is 101 cm³/mol. The Hall–Kier alpha value is -3.53. The van der Waals surface area contributed by atoms with Gasteiger partial charge in [0.2, 0.25) is 11.8 Å². The summed E-state index contributed by atoms with van der Waals surface area (Å²) in [7, 11) is 1.22. The van der Waals surface area contributed by atoms with Crippen LogP contribution in [0.1, 0.15) is 24.2 Å². The number of nitrogens with zero attached hydrogens (tertiary/aromatic N) is 1. The Labute approximate surface area is 176 Å². The number of anilines is 1. The summed E-state index contributed by atoms with van der Waals surface area (Å²) in [4.78, 5) is 62.7. The maximum absolute atomic E-state index is 13.4. The average Bonchev–Trinajstić information content (AvgIpc) is 3.37. The molecule has 1 aromatic rings. The normalized spacial score (nSPS) is 28.1. The lowest BCUT2D eigenvalue weighted by Gasteiger charge is -2.34. The Morgan fingerprint density at radius 2 is 1.77 bits per heavy atom. The van der Waals surface area contributed by atoms with Gasteiger partial charge in [0.05, 0.1) is 36.3 Å². The molecule has 10 nitrogen and oxygen atoms in total. The average molecular weight is 429 g/mol. The molecule has 4 rings (SSSR count). The van der Waals surface area contributed by atoms with Crippen LogP contribution in [0.4, 0.5) is 5.69 Å². The van der Waals surface area contributed by atoms with Gasteiger partial charge in [-0.15, -0.1) is 0 Å². The summed E-state index contributed by atoms with van der Waals surface area (Å²) in [5.41, 5.74) is -1.27. The summed E-state index contributed by atoms with van der Waals surface area (Å²) in [5, 5.41) is 0. The summed E-state index contributed by atoms with van der Waals surface area (Å²) in [6, 6.07) is 5.91. The summed E-state index contributed by atoms with van der Waals surface area (Å²) in [6.45, 7) is 2.25. The number of carbonyl (C=O) groups excluding carboxylic acids is 5. The van der Waals surface area contributed by atoms with Gasteiger partial charge in [0.1, 0.15) is 0 Å². The molecule has 0 aliphatic carbocycles. The number of rotatable bonds is 5. The maximum Gasteiger partial charge on any atom is 0.337 e. The number of amides is 2. The molecular formula is C21H19NO9.